The van der Waals surface area contributed by atoms with Crippen LogP contribution in [-0.4, -0.2) is 26.8 Å². The van der Waals surface area contributed by atoms with Crippen LogP contribution in [0.25, 0.3) is 0 Å². The van der Waals surface area contributed by atoms with Gasteiger partial charge in [-0.1, -0.05) is 6.07 Å². The molecule has 2 aromatic rings. The van der Waals surface area contributed by atoms with Crippen LogP contribution in [0.15, 0.2) is 35.7 Å². The Bertz CT molecular complexity index is 629. The predicted octanol–water partition coefficient (Wildman–Crippen LogP) is 3.37. The van der Waals surface area contributed by atoms with Crippen molar-refractivity contribution in [2.75, 3.05) is 20.8 Å². The summed E-state index contributed by atoms with van der Waals surface area (Å²) in [4.78, 5) is 13.3. The molecule has 0 radical (unpaired) electrons. The molecule has 124 valence electrons. The Kier molecular flexibility index (Phi) is 6.29. The summed E-state index contributed by atoms with van der Waals surface area (Å²) in [7, 11) is 3.22. The first-order chi connectivity index (χ1) is 11.1. The van der Waals surface area contributed by atoms with Gasteiger partial charge in [-0.25, -0.2) is 4.79 Å². The molecule has 2 rings (SSSR count). The Morgan fingerprint density at radius 3 is 2.74 bits per heavy atom. The molecule has 2 N–H and O–H groups in total. The molecule has 0 aliphatic rings. The van der Waals surface area contributed by atoms with Gasteiger partial charge < -0.3 is 20.1 Å². The van der Waals surface area contributed by atoms with Crippen molar-refractivity contribution in [3.63, 3.8) is 0 Å². The van der Waals surface area contributed by atoms with E-state index in [9.17, 15) is 4.79 Å². The van der Waals surface area contributed by atoms with Crippen LogP contribution < -0.4 is 20.1 Å². The van der Waals surface area contributed by atoms with Crippen molar-refractivity contribution in [2.24, 2.45) is 0 Å². The van der Waals surface area contributed by atoms with E-state index in [4.69, 9.17) is 9.47 Å². The van der Waals surface area contributed by atoms with Crippen LogP contribution in [0.1, 0.15) is 23.4 Å². The van der Waals surface area contributed by atoms with Crippen LogP contribution in [0.5, 0.6) is 11.5 Å². The first-order valence-corrected chi connectivity index (χ1v) is 8.30. The normalized spacial score (nSPS) is 11.6. The van der Waals surface area contributed by atoms with Gasteiger partial charge in [-0.2, -0.15) is 0 Å². The van der Waals surface area contributed by atoms with Gasteiger partial charge in [-0.15, -0.1) is 11.3 Å². The number of rotatable bonds is 7. The van der Waals surface area contributed by atoms with E-state index in [1.54, 1.807) is 25.6 Å². The molecule has 0 aliphatic heterocycles. The lowest BCUT2D eigenvalue weighted by Crippen LogP contribution is -2.38. The minimum Gasteiger partial charge on any atom is -0.497 e. The third kappa shape index (κ3) is 4.89. The summed E-state index contributed by atoms with van der Waals surface area (Å²) in [6.45, 7) is 2.52. The number of methoxy groups -OCH3 is 2. The van der Waals surface area contributed by atoms with Crippen molar-refractivity contribution in [1.29, 1.82) is 0 Å². The lowest BCUT2D eigenvalue weighted by atomic mass is 10.1. The first kappa shape index (κ1) is 17.1. The average Bonchev–Trinajstić information content (AvgIpc) is 3.07. The van der Waals surface area contributed by atoms with Gasteiger partial charge in [0.15, 0.2) is 0 Å². The number of carbonyl (C=O) groups excluding carboxylic acids is 1. The van der Waals surface area contributed by atoms with E-state index in [1.807, 2.05) is 36.6 Å². The molecule has 0 saturated heterocycles. The summed E-state index contributed by atoms with van der Waals surface area (Å²) in [5, 5.41) is 7.83. The molecule has 5 nitrogen and oxygen atoms in total. The number of hydrogen-bond donors (Lipinski definition) is 2. The minimum atomic E-state index is -0.195. The van der Waals surface area contributed by atoms with Crippen molar-refractivity contribution in [1.82, 2.24) is 10.6 Å². The molecular formula is C17H22N2O3S. The van der Waals surface area contributed by atoms with Gasteiger partial charge >= 0.3 is 6.03 Å². The van der Waals surface area contributed by atoms with Gasteiger partial charge in [-0.05, 0) is 43.0 Å². The molecule has 23 heavy (non-hydrogen) atoms. The molecule has 0 aliphatic carbocycles. The SMILES string of the molecule is COc1ccc(OC)c([C@@H](C)NC(=O)NCCc2cccs2)c1. The number of ether oxygens (including phenoxy) is 2. The summed E-state index contributed by atoms with van der Waals surface area (Å²) in [6, 6.07) is 9.22. The lowest BCUT2D eigenvalue weighted by Gasteiger charge is -2.18. The van der Waals surface area contributed by atoms with Crippen LogP contribution >= 0.6 is 11.3 Å². The maximum atomic E-state index is 12.0. The van der Waals surface area contributed by atoms with E-state index < -0.39 is 0 Å². The molecule has 2 amide bonds. The van der Waals surface area contributed by atoms with E-state index in [-0.39, 0.29) is 12.1 Å². The molecule has 0 unspecified atom stereocenters. The summed E-state index contributed by atoms with van der Waals surface area (Å²) < 4.78 is 10.6. The molecule has 0 fully saturated rings. The van der Waals surface area contributed by atoms with Gasteiger partial charge in [-0.3, -0.25) is 0 Å². The fourth-order valence-electron chi connectivity index (χ4n) is 2.26. The molecule has 1 atom stereocenters. The Hall–Kier alpha value is -2.21. The van der Waals surface area contributed by atoms with Crippen LogP contribution in [0.4, 0.5) is 4.79 Å². The third-order valence-corrected chi connectivity index (χ3v) is 4.42. The minimum absolute atomic E-state index is 0.193. The Morgan fingerprint density at radius 2 is 2.09 bits per heavy atom. The number of hydrogen-bond acceptors (Lipinski definition) is 4. The lowest BCUT2D eigenvalue weighted by molar-refractivity contribution is 0.238. The Morgan fingerprint density at radius 1 is 1.26 bits per heavy atom. The highest BCUT2D eigenvalue weighted by atomic mass is 32.1. The molecule has 0 bridgehead atoms. The second-order valence-corrected chi connectivity index (χ2v) is 6.09. The number of thiophene rings is 1. The van der Waals surface area contributed by atoms with Crippen LogP contribution in [0.2, 0.25) is 0 Å². The molecule has 0 spiro atoms. The van der Waals surface area contributed by atoms with Crippen molar-refractivity contribution >= 4 is 17.4 Å². The maximum absolute atomic E-state index is 12.0. The molecule has 1 aromatic carbocycles. The smallest absolute Gasteiger partial charge is 0.315 e. The van der Waals surface area contributed by atoms with Gasteiger partial charge in [0.2, 0.25) is 0 Å². The largest absolute Gasteiger partial charge is 0.497 e. The number of benzene rings is 1. The molecular weight excluding hydrogens is 312 g/mol. The van der Waals surface area contributed by atoms with E-state index in [1.165, 1.54) is 4.88 Å². The van der Waals surface area contributed by atoms with Gasteiger partial charge in [0, 0.05) is 17.0 Å². The maximum Gasteiger partial charge on any atom is 0.315 e. The van der Waals surface area contributed by atoms with Crippen LogP contribution in [-0.2, 0) is 6.42 Å². The predicted molar refractivity (Wildman–Crippen MR) is 92.5 cm³/mol. The summed E-state index contributed by atoms with van der Waals surface area (Å²) in [6.07, 6.45) is 0.835. The monoisotopic (exact) mass is 334 g/mol. The number of carbonyl (C=O) groups is 1. The number of urea groups is 1. The summed E-state index contributed by atoms with van der Waals surface area (Å²) in [5.74, 6) is 1.45. The number of nitrogens with one attached hydrogen (secondary N) is 2. The molecule has 0 saturated carbocycles. The van der Waals surface area contributed by atoms with Gasteiger partial charge in [0.05, 0.1) is 20.3 Å². The topological polar surface area (TPSA) is 59.6 Å². The number of amides is 2. The second kappa shape index (κ2) is 8.43. The second-order valence-electron chi connectivity index (χ2n) is 5.06. The zero-order chi connectivity index (χ0) is 16.7. The highest BCUT2D eigenvalue weighted by molar-refractivity contribution is 7.09. The van der Waals surface area contributed by atoms with E-state index >= 15 is 0 Å². The van der Waals surface area contributed by atoms with Crippen molar-refractivity contribution in [3.8, 4) is 11.5 Å². The fourth-order valence-corrected chi connectivity index (χ4v) is 2.97. The highest BCUT2D eigenvalue weighted by Gasteiger charge is 2.15. The first-order valence-electron chi connectivity index (χ1n) is 7.42. The zero-order valence-electron chi connectivity index (χ0n) is 13.6. The van der Waals surface area contributed by atoms with E-state index in [2.05, 4.69) is 16.7 Å². The molecule has 6 heteroatoms. The van der Waals surface area contributed by atoms with Gasteiger partial charge in [0.1, 0.15) is 11.5 Å². The average molecular weight is 334 g/mol. The highest BCUT2D eigenvalue weighted by Crippen LogP contribution is 2.29. The van der Waals surface area contributed by atoms with E-state index in [0.717, 1.165) is 23.5 Å². The Labute approximate surface area is 140 Å². The van der Waals surface area contributed by atoms with Crippen molar-refractivity contribution in [2.45, 2.75) is 19.4 Å². The fraction of sp³-hybridized carbons (Fsp3) is 0.353. The standard InChI is InChI=1S/C17H22N2O3S/c1-12(15-11-13(21-2)6-7-16(15)22-3)19-17(20)18-9-8-14-5-4-10-23-14/h4-7,10-12H,8-9H2,1-3H3,(H2,18,19,20)/t12-/m1/s1. The molecule has 1 aromatic heterocycles. The van der Waals surface area contributed by atoms with Crippen molar-refractivity contribution < 1.29 is 14.3 Å². The van der Waals surface area contributed by atoms with Crippen LogP contribution in [0, 0.1) is 0 Å². The quantitative estimate of drug-likeness (QED) is 0.816. The van der Waals surface area contributed by atoms with Gasteiger partial charge in [0.25, 0.3) is 0 Å². The summed E-state index contributed by atoms with van der Waals surface area (Å²) >= 11 is 1.69. The van der Waals surface area contributed by atoms with Crippen LogP contribution in [0.3, 0.4) is 0 Å². The molecule has 1 heterocycles. The zero-order valence-corrected chi connectivity index (χ0v) is 14.4. The third-order valence-electron chi connectivity index (χ3n) is 3.49. The Balaban J connectivity index is 1.90. The summed E-state index contributed by atoms with van der Waals surface area (Å²) in [5.41, 5.74) is 0.875. The van der Waals surface area contributed by atoms with Crippen molar-refractivity contribution in [3.05, 3.63) is 46.2 Å². The van der Waals surface area contributed by atoms with E-state index in [0.29, 0.717) is 6.54 Å².